The summed E-state index contributed by atoms with van der Waals surface area (Å²) in [5.41, 5.74) is 0.770. The molecule has 0 spiro atoms. The third kappa shape index (κ3) is 5.15. The SMILES string of the molecule is C[Si](C)(C)CCOCn1c(-c2ccc(F)cn2)nc(Br)c1-c1cccc(F)c1F. The van der Waals surface area contributed by atoms with Crippen molar-refractivity contribution in [1.82, 2.24) is 14.5 Å². The van der Waals surface area contributed by atoms with E-state index < -0.39 is 25.5 Å². The second-order valence-electron chi connectivity index (χ2n) is 7.81. The number of rotatable bonds is 7. The lowest BCUT2D eigenvalue weighted by atomic mass is 10.1. The van der Waals surface area contributed by atoms with Crippen LogP contribution in [0.1, 0.15) is 0 Å². The molecule has 2 aromatic heterocycles. The Bertz CT molecular complexity index is 1000. The topological polar surface area (TPSA) is 39.9 Å². The Balaban J connectivity index is 2.05. The van der Waals surface area contributed by atoms with Gasteiger partial charge in [0.1, 0.15) is 22.8 Å². The molecule has 1 aromatic carbocycles. The van der Waals surface area contributed by atoms with E-state index >= 15 is 0 Å². The summed E-state index contributed by atoms with van der Waals surface area (Å²) < 4.78 is 49.4. The molecule has 29 heavy (non-hydrogen) atoms. The van der Waals surface area contributed by atoms with Crippen LogP contribution in [-0.4, -0.2) is 29.2 Å². The number of hydrogen-bond donors (Lipinski definition) is 0. The summed E-state index contributed by atoms with van der Waals surface area (Å²) in [5, 5.41) is 0. The summed E-state index contributed by atoms with van der Waals surface area (Å²) in [6.07, 6.45) is 1.08. The van der Waals surface area contributed by atoms with Crippen LogP contribution < -0.4 is 0 Å². The first kappa shape index (κ1) is 21.7. The van der Waals surface area contributed by atoms with Gasteiger partial charge in [0, 0.05) is 20.2 Å². The Kier molecular flexibility index (Phi) is 6.60. The van der Waals surface area contributed by atoms with Gasteiger partial charge in [-0.15, -0.1) is 0 Å². The van der Waals surface area contributed by atoms with Gasteiger partial charge >= 0.3 is 0 Å². The number of aromatic nitrogens is 3. The molecule has 154 valence electrons. The predicted octanol–water partition coefficient (Wildman–Crippen LogP) is 6.10. The van der Waals surface area contributed by atoms with Gasteiger partial charge in [0.05, 0.1) is 11.9 Å². The first-order chi connectivity index (χ1) is 13.7. The molecule has 0 amide bonds. The summed E-state index contributed by atoms with van der Waals surface area (Å²) in [6.45, 7) is 7.33. The zero-order chi connectivity index (χ0) is 21.2. The van der Waals surface area contributed by atoms with Gasteiger partial charge in [-0.3, -0.25) is 4.57 Å². The van der Waals surface area contributed by atoms with E-state index in [0.29, 0.717) is 28.4 Å². The third-order valence-electron chi connectivity index (χ3n) is 4.31. The Morgan fingerprint density at radius 1 is 1.10 bits per heavy atom. The van der Waals surface area contributed by atoms with Crippen LogP contribution in [0.4, 0.5) is 13.2 Å². The minimum Gasteiger partial charge on any atom is -0.361 e. The molecule has 0 saturated carbocycles. The first-order valence-electron chi connectivity index (χ1n) is 9.07. The summed E-state index contributed by atoms with van der Waals surface area (Å²) in [6, 6.07) is 7.66. The number of halogens is 4. The molecule has 0 saturated heterocycles. The zero-order valence-corrected chi connectivity index (χ0v) is 18.9. The molecule has 2 heterocycles. The van der Waals surface area contributed by atoms with E-state index in [0.717, 1.165) is 18.3 Å². The van der Waals surface area contributed by atoms with Gasteiger partial charge in [-0.1, -0.05) is 25.7 Å². The minimum absolute atomic E-state index is 0.0477. The molecular formula is C20H21BrF3N3OSi. The molecule has 0 bridgehead atoms. The summed E-state index contributed by atoms with van der Waals surface area (Å²) in [7, 11) is -1.29. The van der Waals surface area contributed by atoms with Crippen LogP contribution in [0.15, 0.2) is 41.1 Å². The highest BCUT2D eigenvalue weighted by molar-refractivity contribution is 9.10. The van der Waals surface area contributed by atoms with Crippen molar-refractivity contribution >= 4 is 24.0 Å². The van der Waals surface area contributed by atoms with Crippen LogP contribution >= 0.6 is 15.9 Å². The maximum Gasteiger partial charge on any atom is 0.168 e. The molecule has 4 nitrogen and oxygen atoms in total. The molecule has 3 aromatic rings. The lowest BCUT2D eigenvalue weighted by molar-refractivity contribution is 0.0892. The smallest absolute Gasteiger partial charge is 0.168 e. The van der Waals surface area contributed by atoms with Gasteiger partial charge in [0.25, 0.3) is 0 Å². The fourth-order valence-electron chi connectivity index (χ4n) is 2.73. The molecular weight excluding hydrogens is 463 g/mol. The van der Waals surface area contributed by atoms with E-state index in [1.165, 1.54) is 24.3 Å². The monoisotopic (exact) mass is 483 g/mol. The number of ether oxygens (including phenoxy) is 1. The summed E-state index contributed by atoms with van der Waals surface area (Å²) in [4.78, 5) is 8.49. The fourth-order valence-corrected chi connectivity index (χ4v) is 4.08. The summed E-state index contributed by atoms with van der Waals surface area (Å²) in [5.74, 6) is -2.05. The van der Waals surface area contributed by atoms with E-state index in [9.17, 15) is 13.2 Å². The zero-order valence-electron chi connectivity index (χ0n) is 16.3. The van der Waals surface area contributed by atoms with Crippen LogP contribution in [0, 0.1) is 17.5 Å². The van der Waals surface area contributed by atoms with Crippen molar-refractivity contribution in [3.05, 3.63) is 58.6 Å². The maximum absolute atomic E-state index is 14.5. The van der Waals surface area contributed by atoms with Gasteiger partial charge in [-0.2, -0.15) is 0 Å². The molecule has 0 N–H and O–H groups in total. The standard InChI is InChI=1S/C20H21BrF3N3OSi/c1-29(2,3)10-9-28-12-27-18(14-5-4-6-15(23)17(14)24)19(21)26-20(27)16-8-7-13(22)11-25-16/h4-8,11H,9-10,12H2,1-3H3. The summed E-state index contributed by atoms with van der Waals surface area (Å²) >= 11 is 3.34. The minimum atomic E-state index is -1.29. The fraction of sp³-hybridized carbons (Fsp3) is 0.300. The largest absolute Gasteiger partial charge is 0.361 e. The van der Waals surface area contributed by atoms with Crippen molar-refractivity contribution in [1.29, 1.82) is 0 Å². The number of pyridine rings is 1. The molecule has 0 aliphatic heterocycles. The maximum atomic E-state index is 14.5. The van der Waals surface area contributed by atoms with E-state index in [1.807, 2.05) is 0 Å². The first-order valence-corrected chi connectivity index (χ1v) is 13.6. The van der Waals surface area contributed by atoms with E-state index in [-0.39, 0.29) is 12.3 Å². The molecule has 0 atom stereocenters. The van der Waals surface area contributed by atoms with Crippen LogP contribution in [0.25, 0.3) is 22.8 Å². The highest BCUT2D eigenvalue weighted by Gasteiger charge is 2.23. The van der Waals surface area contributed by atoms with Crippen molar-refractivity contribution in [2.24, 2.45) is 0 Å². The number of hydrogen-bond acceptors (Lipinski definition) is 3. The van der Waals surface area contributed by atoms with Crippen LogP contribution in [0.5, 0.6) is 0 Å². The molecule has 0 fully saturated rings. The lowest BCUT2D eigenvalue weighted by Gasteiger charge is -2.17. The number of nitrogens with zero attached hydrogens (tertiary/aromatic N) is 3. The average Bonchev–Trinajstić information content (AvgIpc) is 2.97. The second-order valence-corrected chi connectivity index (χ2v) is 14.2. The predicted molar refractivity (Wildman–Crippen MR) is 113 cm³/mol. The van der Waals surface area contributed by atoms with Gasteiger partial charge in [0.15, 0.2) is 17.5 Å². The molecule has 0 unspecified atom stereocenters. The average molecular weight is 484 g/mol. The van der Waals surface area contributed by atoms with Crippen LogP contribution in [0.3, 0.4) is 0 Å². The quantitative estimate of drug-likeness (QED) is 0.300. The molecule has 0 aliphatic carbocycles. The van der Waals surface area contributed by atoms with Gasteiger partial charge in [-0.05, 0) is 46.2 Å². The third-order valence-corrected chi connectivity index (χ3v) is 6.56. The van der Waals surface area contributed by atoms with Crippen molar-refractivity contribution in [2.75, 3.05) is 6.61 Å². The second kappa shape index (κ2) is 8.81. The molecule has 0 aliphatic rings. The highest BCUT2D eigenvalue weighted by Crippen LogP contribution is 2.35. The van der Waals surface area contributed by atoms with Crippen LogP contribution in [0.2, 0.25) is 25.7 Å². The van der Waals surface area contributed by atoms with Gasteiger partial charge in [-0.25, -0.2) is 23.1 Å². The Labute approximate surface area is 176 Å². The van der Waals surface area contributed by atoms with E-state index in [1.54, 1.807) is 4.57 Å². The van der Waals surface area contributed by atoms with Gasteiger partial charge in [0.2, 0.25) is 0 Å². The van der Waals surface area contributed by atoms with Crippen molar-refractivity contribution in [2.45, 2.75) is 32.4 Å². The molecule has 0 radical (unpaired) electrons. The van der Waals surface area contributed by atoms with E-state index in [2.05, 4.69) is 45.5 Å². The highest BCUT2D eigenvalue weighted by atomic mass is 79.9. The van der Waals surface area contributed by atoms with Crippen molar-refractivity contribution in [3.63, 3.8) is 0 Å². The Morgan fingerprint density at radius 3 is 2.52 bits per heavy atom. The molecule has 9 heteroatoms. The van der Waals surface area contributed by atoms with E-state index in [4.69, 9.17) is 4.74 Å². The normalized spacial score (nSPS) is 11.8. The van der Waals surface area contributed by atoms with Crippen LogP contribution in [-0.2, 0) is 11.5 Å². The lowest BCUT2D eigenvalue weighted by Crippen LogP contribution is -2.22. The van der Waals surface area contributed by atoms with Crippen molar-refractivity contribution in [3.8, 4) is 22.8 Å². The number of benzene rings is 1. The number of imidazole rings is 1. The van der Waals surface area contributed by atoms with Gasteiger partial charge < -0.3 is 4.74 Å². The van der Waals surface area contributed by atoms with Crippen molar-refractivity contribution < 1.29 is 17.9 Å². The Hall–Kier alpha value is -1.97. The Morgan fingerprint density at radius 2 is 1.86 bits per heavy atom. The molecule has 3 rings (SSSR count).